The zero-order valence-corrected chi connectivity index (χ0v) is 12.3. The monoisotopic (exact) mass is 280 g/mol. The first-order valence-electron chi connectivity index (χ1n) is 6.73. The summed E-state index contributed by atoms with van der Waals surface area (Å²) < 4.78 is 6.60. The Morgan fingerprint density at radius 2 is 1.90 bits per heavy atom. The van der Waals surface area contributed by atoms with Crippen LogP contribution in [0.2, 0.25) is 0 Å². The summed E-state index contributed by atoms with van der Waals surface area (Å²) in [6, 6.07) is 13.7. The van der Waals surface area contributed by atoms with Gasteiger partial charge in [0.15, 0.2) is 0 Å². The van der Waals surface area contributed by atoms with E-state index in [0.29, 0.717) is 5.56 Å². The minimum atomic E-state index is -0.347. The summed E-state index contributed by atoms with van der Waals surface area (Å²) >= 11 is 0. The number of aromatic nitrogens is 2. The number of methoxy groups -OCH3 is 1. The predicted octanol–water partition coefficient (Wildman–Crippen LogP) is 3.34. The van der Waals surface area contributed by atoms with E-state index in [-0.39, 0.29) is 5.97 Å². The standard InChI is InChI=1S/C17H16N2O2/c1-11-7-4-5-8-12(11)15-13-9-6-10-14(17(20)21-3)16(13)19(2)18-15/h4-10H,1-3H3. The summed E-state index contributed by atoms with van der Waals surface area (Å²) in [5, 5.41) is 5.56. The van der Waals surface area contributed by atoms with Gasteiger partial charge >= 0.3 is 5.97 Å². The van der Waals surface area contributed by atoms with Crippen LogP contribution in [0.3, 0.4) is 0 Å². The SMILES string of the molecule is COC(=O)c1cccc2c(-c3ccccc3C)nn(C)c12. The number of para-hydroxylation sites is 1. The van der Waals surface area contributed by atoms with Gasteiger partial charge in [0.05, 0.1) is 18.2 Å². The van der Waals surface area contributed by atoms with E-state index in [1.165, 1.54) is 7.11 Å². The molecule has 0 atom stereocenters. The van der Waals surface area contributed by atoms with Crippen molar-refractivity contribution in [1.82, 2.24) is 9.78 Å². The van der Waals surface area contributed by atoms with Crippen molar-refractivity contribution in [2.75, 3.05) is 7.11 Å². The van der Waals surface area contributed by atoms with Crippen molar-refractivity contribution < 1.29 is 9.53 Å². The number of nitrogens with zero attached hydrogens (tertiary/aromatic N) is 2. The lowest BCUT2D eigenvalue weighted by molar-refractivity contribution is 0.0602. The van der Waals surface area contributed by atoms with E-state index in [0.717, 1.165) is 27.7 Å². The van der Waals surface area contributed by atoms with Crippen LogP contribution in [-0.4, -0.2) is 22.9 Å². The summed E-state index contributed by atoms with van der Waals surface area (Å²) in [6.45, 7) is 2.06. The number of carbonyl (C=O) groups excluding carboxylic acids is 1. The van der Waals surface area contributed by atoms with E-state index >= 15 is 0 Å². The van der Waals surface area contributed by atoms with Crippen LogP contribution in [0.5, 0.6) is 0 Å². The third kappa shape index (κ3) is 2.09. The lowest BCUT2D eigenvalue weighted by Gasteiger charge is -2.03. The minimum Gasteiger partial charge on any atom is -0.465 e. The van der Waals surface area contributed by atoms with Crippen molar-refractivity contribution in [2.24, 2.45) is 7.05 Å². The fraction of sp³-hybridized carbons (Fsp3) is 0.176. The molecule has 0 bridgehead atoms. The molecule has 21 heavy (non-hydrogen) atoms. The zero-order valence-electron chi connectivity index (χ0n) is 12.3. The van der Waals surface area contributed by atoms with Gasteiger partial charge in [-0.3, -0.25) is 4.68 Å². The molecule has 0 saturated heterocycles. The molecule has 0 amide bonds. The van der Waals surface area contributed by atoms with E-state index < -0.39 is 0 Å². The van der Waals surface area contributed by atoms with Gasteiger partial charge in [0.1, 0.15) is 5.69 Å². The molecule has 0 N–H and O–H groups in total. The van der Waals surface area contributed by atoms with Gasteiger partial charge in [-0.1, -0.05) is 36.4 Å². The summed E-state index contributed by atoms with van der Waals surface area (Å²) in [5.41, 5.74) is 4.44. The molecule has 0 aliphatic heterocycles. The van der Waals surface area contributed by atoms with Gasteiger partial charge in [0, 0.05) is 18.0 Å². The van der Waals surface area contributed by atoms with Gasteiger partial charge < -0.3 is 4.74 Å². The number of ether oxygens (including phenoxy) is 1. The fourth-order valence-electron chi connectivity index (χ4n) is 2.65. The van der Waals surface area contributed by atoms with Crippen molar-refractivity contribution in [2.45, 2.75) is 6.92 Å². The topological polar surface area (TPSA) is 44.1 Å². The Hall–Kier alpha value is -2.62. The maximum atomic E-state index is 11.9. The van der Waals surface area contributed by atoms with Gasteiger partial charge in [0.2, 0.25) is 0 Å². The summed E-state index contributed by atoms with van der Waals surface area (Å²) in [4.78, 5) is 11.9. The van der Waals surface area contributed by atoms with E-state index in [9.17, 15) is 4.79 Å². The lowest BCUT2D eigenvalue weighted by atomic mass is 10.0. The number of hydrogen-bond donors (Lipinski definition) is 0. The molecular formula is C17H16N2O2. The fourth-order valence-corrected chi connectivity index (χ4v) is 2.65. The first-order valence-corrected chi connectivity index (χ1v) is 6.73. The molecule has 0 unspecified atom stereocenters. The quantitative estimate of drug-likeness (QED) is 0.676. The van der Waals surface area contributed by atoms with Gasteiger partial charge in [-0.05, 0) is 18.6 Å². The largest absolute Gasteiger partial charge is 0.465 e. The number of aryl methyl sites for hydroxylation is 2. The van der Waals surface area contributed by atoms with Gasteiger partial charge in [-0.25, -0.2) is 4.79 Å². The molecule has 1 aromatic heterocycles. The number of esters is 1. The Morgan fingerprint density at radius 3 is 2.62 bits per heavy atom. The molecular weight excluding hydrogens is 264 g/mol. The van der Waals surface area contributed by atoms with E-state index in [1.54, 1.807) is 10.7 Å². The van der Waals surface area contributed by atoms with Crippen LogP contribution in [0, 0.1) is 6.92 Å². The summed E-state index contributed by atoms with van der Waals surface area (Å²) in [6.07, 6.45) is 0. The van der Waals surface area contributed by atoms with Gasteiger partial charge in [-0.15, -0.1) is 0 Å². The third-order valence-corrected chi connectivity index (χ3v) is 3.67. The molecule has 2 aromatic carbocycles. The molecule has 0 radical (unpaired) electrons. The van der Waals surface area contributed by atoms with Crippen molar-refractivity contribution in [1.29, 1.82) is 0 Å². The van der Waals surface area contributed by atoms with Crippen molar-refractivity contribution >= 4 is 16.9 Å². The highest BCUT2D eigenvalue weighted by atomic mass is 16.5. The van der Waals surface area contributed by atoms with Crippen LogP contribution in [0.15, 0.2) is 42.5 Å². The Labute approximate surface area is 123 Å². The molecule has 1 heterocycles. The average Bonchev–Trinajstić information content (AvgIpc) is 2.84. The highest BCUT2D eigenvalue weighted by Gasteiger charge is 2.18. The number of rotatable bonds is 2. The number of benzene rings is 2. The maximum Gasteiger partial charge on any atom is 0.340 e. The Kier molecular flexibility index (Phi) is 3.22. The Bertz CT molecular complexity index is 834. The Balaban J connectivity index is 2.33. The zero-order chi connectivity index (χ0) is 15.0. The molecule has 3 rings (SSSR count). The van der Waals surface area contributed by atoms with Crippen LogP contribution in [0.1, 0.15) is 15.9 Å². The van der Waals surface area contributed by atoms with E-state index in [2.05, 4.69) is 18.1 Å². The maximum absolute atomic E-state index is 11.9. The second-order valence-corrected chi connectivity index (χ2v) is 4.98. The number of carbonyl (C=O) groups is 1. The van der Waals surface area contributed by atoms with Gasteiger partial charge in [-0.2, -0.15) is 5.10 Å². The second kappa shape index (κ2) is 5.05. The first kappa shape index (κ1) is 13.4. The molecule has 0 saturated carbocycles. The minimum absolute atomic E-state index is 0.347. The normalized spacial score (nSPS) is 10.8. The molecule has 0 aliphatic rings. The highest BCUT2D eigenvalue weighted by Crippen LogP contribution is 2.31. The van der Waals surface area contributed by atoms with Crippen LogP contribution < -0.4 is 0 Å². The molecule has 0 aliphatic carbocycles. The lowest BCUT2D eigenvalue weighted by Crippen LogP contribution is -2.04. The third-order valence-electron chi connectivity index (χ3n) is 3.67. The van der Waals surface area contributed by atoms with E-state index in [4.69, 9.17) is 4.74 Å². The van der Waals surface area contributed by atoms with Crippen molar-refractivity contribution in [3.63, 3.8) is 0 Å². The molecule has 0 fully saturated rings. The average molecular weight is 280 g/mol. The molecule has 106 valence electrons. The van der Waals surface area contributed by atoms with Crippen LogP contribution >= 0.6 is 0 Å². The van der Waals surface area contributed by atoms with Crippen LogP contribution in [-0.2, 0) is 11.8 Å². The second-order valence-electron chi connectivity index (χ2n) is 4.98. The van der Waals surface area contributed by atoms with Crippen LogP contribution in [0.25, 0.3) is 22.2 Å². The summed E-state index contributed by atoms with van der Waals surface area (Å²) in [5.74, 6) is -0.347. The summed E-state index contributed by atoms with van der Waals surface area (Å²) in [7, 11) is 3.23. The molecule has 3 aromatic rings. The Morgan fingerprint density at radius 1 is 1.14 bits per heavy atom. The van der Waals surface area contributed by atoms with Crippen LogP contribution in [0.4, 0.5) is 0 Å². The van der Waals surface area contributed by atoms with E-state index in [1.807, 2.05) is 37.4 Å². The first-order chi connectivity index (χ1) is 10.1. The highest BCUT2D eigenvalue weighted by molar-refractivity contribution is 6.06. The van der Waals surface area contributed by atoms with Gasteiger partial charge in [0.25, 0.3) is 0 Å². The van der Waals surface area contributed by atoms with Crippen molar-refractivity contribution in [3.05, 3.63) is 53.6 Å². The molecule has 4 nitrogen and oxygen atoms in total. The van der Waals surface area contributed by atoms with Crippen molar-refractivity contribution in [3.8, 4) is 11.3 Å². The smallest absolute Gasteiger partial charge is 0.340 e. The molecule has 4 heteroatoms. The number of hydrogen-bond acceptors (Lipinski definition) is 3. The molecule has 0 spiro atoms. The predicted molar refractivity (Wildman–Crippen MR) is 82.2 cm³/mol. The number of fused-ring (bicyclic) bond motifs is 1.